The Bertz CT molecular complexity index is 879. The molecule has 0 fully saturated rings. The SMILES string of the molecule is CCC(=O)N1CCc2cc(S(=O)(=O)Nc3ccc(Cl)cc3)ccc21. The van der Waals surface area contributed by atoms with E-state index in [1.165, 1.54) is 6.07 Å². The normalized spacial score (nSPS) is 13.7. The number of amides is 1. The molecule has 0 bridgehead atoms. The second-order valence-corrected chi connectivity index (χ2v) is 7.67. The number of sulfonamides is 1. The Kier molecular flexibility index (Phi) is 4.51. The summed E-state index contributed by atoms with van der Waals surface area (Å²) in [6, 6.07) is 11.3. The van der Waals surface area contributed by atoms with Crippen molar-refractivity contribution in [3.8, 4) is 0 Å². The van der Waals surface area contributed by atoms with Gasteiger partial charge in [-0.15, -0.1) is 0 Å². The highest BCUT2D eigenvalue weighted by Gasteiger charge is 2.25. The lowest BCUT2D eigenvalue weighted by atomic mass is 10.2. The smallest absolute Gasteiger partial charge is 0.261 e. The largest absolute Gasteiger partial charge is 0.312 e. The number of hydrogen-bond donors (Lipinski definition) is 1. The molecular weight excluding hydrogens is 348 g/mol. The molecule has 7 heteroatoms. The Morgan fingerprint density at radius 3 is 2.58 bits per heavy atom. The molecule has 126 valence electrons. The van der Waals surface area contributed by atoms with Crippen LogP contribution in [0.2, 0.25) is 5.02 Å². The van der Waals surface area contributed by atoms with Crippen LogP contribution in [-0.4, -0.2) is 20.9 Å². The quantitative estimate of drug-likeness (QED) is 0.903. The Labute approximate surface area is 146 Å². The van der Waals surface area contributed by atoms with Gasteiger partial charge in [-0.05, 0) is 54.4 Å². The van der Waals surface area contributed by atoms with Crippen LogP contribution in [0.25, 0.3) is 0 Å². The monoisotopic (exact) mass is 364 g/mol. The molecule has 1 aliphatic heterocycles. The maximum atomic E-state index is 12.5. The second kappa shape index (κ2) is 6.45. The lowest BCUT2D eigenvalue weighted by Crippen LogP contribution is -2.27. The first-order chi connectivity index (χ1) is 11.4. The molecule has 5 nitrogen and oxygen atoms in total. The van der Waals surface area contributed by atoms with Gasteiger partial charge in [0.2, 0.25) is 5.91 Å². The predicted molar refractivity (Wildman–Crippen MR) is 95.1 cm³/mol. The molecule has 0 saturated carbocycles. The molecule has 2 aromatic carbocycles. The Morgan fingerprint density at radius 2 is 1.92 bits per heavy atom. The van der Waals surface area contributed by atoms with E-state index in [1.54, 1.807) is 41.3 Å². The molecule has 0 aromatic heterocycles. The van der Waals surface area contributed by atoms with E-state index in [0.29, 0.717) is 30.1 Å². The third-order valence-electron chi connectivity index (χ3n) is 3.96. The summed E-state index contributed by atoms with van der Waals surface area (Å²) in [6.07, 6.45) is 1.09. The van der Waals surface area contributed by atoms with Crippen LogP contribution in [0.1, 0.15) is 18.9 Å². The summed E-state index contributed by atoms with van der Waals surface area (Å²) < 4.78 is 27.6. The molecule has 24 heavy (non-hydrogen) atoms. The number of hydrogen-bond acceptors (Lipinski definition) is 3. The zero-order chi connectivity index (χ0) is 17.3. The topological polar surface area (TPSA) is 66.5 Å². The molecule has 2 aromatic rings. The zero-order valence-electron chi connectivity index (χ0n) is 13.1. The van der Waals surface area contributed by atoms with Crippen LogP contribution in [0.5, 0.6) is 0 Å². The highest BCUT2D eigenvalue weighted by molar-refractivity contribution is 7.92. The van der Waals surface area contributed by atoms with Crippen molar-refractivity contribution >= 4 is 38.9 Å². The van der Waals surface area contributed by atoms with Gasteiger partial charge in [-0.3, -0.25) is 9.52 Å². The number of benzene rings is 2. The molecule has 1 N–H and O–H groups in total. The van der Waals surface area contributed by atoms with E-state index in [2.05, 4.69) is 4.72 Å². The van der Waals surface area contributed by atoms with Crippen molar-refractivity contribution in [2.75, 3.05) is 16.2 Å². The van der Waals surface area contributed by atoms with Gasteiger partial charge in [0.05, 0.1) is 4.90 Å². The van der Waals surface area contributed by atoms with E-state index >= 15 is 0 Å². The average molecular weight is 365 g/mol. The number of anilines is 2. The van der Waals surface area contributed by atoms with Crippen molar-refractivity contribution in [2.24, 2.45) is 0 Å². The lowest BCUT2D eigenvalue weighted by molar-refractivity contribution is -0.118. The van der Waals surface area contributed by atoms with Crippen LogP contribution in [0.4, 0.5) is 11.4 Å². The third kappa shape index (κ3) is 3.25. The van der Waals surface area contributed by atoms with Gasteiger partial charge in [0, 0.05) is 29.4 Å². The molecule has 0 saturated heterocycles. The molecule has 1 amide bonds. The summed E-state index contributed by atoms with van der Waals surface area (Å²) in [5.41, 5.74) is 2.12. The van der Waals surface area contributed by atoms with Gasteiger partial charge in [0.15, 0.2) is 0 Å². The maximum absolute atomic E-state index is 12.5. The zero-order valence-corrected chi connectivity index (χ0v) is 14.7. The van der Waals surface area contributed by atoms with Crippen molar-refractivity contribution in [2.45, 2.75) is 24.7 Å². The Morgan fingerprint density at radius 1 is 1.21 bits per heavy atom. The molecule has 1 heterocycles. The highest BCUT2D eigenvalue weighted by atomic mass is 35.5. The van der Waals surface area contributed by atoms with Crippen LogP contribution in [0.3, 0.4) is 0 Å². The Hall–Kier alpha value is -2.05. The van der Waals surface area contributed by atoms with E-state index in [0.717, 1.165) is 11.3 Å². The standard InChI is InChI=1S/C17H17ClN2O3S/c1-2-17(21)20-10-9-12-11-15(7-8-16(12)20)24(22,23)19-14-5-3-13(18)4-6-14/h3-8,11,19H,2,9-10H2,1H3. The van der Waals surface area contributed by atoms with E-state index in [4.69, 9.17) is 11.6 Å². The summed E-state index contributed by atoms with van der Waals surface area (Å²) >= 11 is 5.81. The van der Waals surface area contributed by atoms with Gasteiger partial charge < -0.3 is 4.90 Å². The maximum Gasteiger partial charge on any atom is 0.261 e. The first kappa shape index (κ1) is 16.8. The van der Waals surface area contributed by atoms with E-state index in [-0.39, 0.29) is 10.8 Å². The minimum Gasteiger partial charge on any atom is -0.312 e. The number of nitrogens with zero attached hydrogens (tertiary/aromatic N) is 1. The minimum absolute atomic E-state index is 0.0450. The molecule has 3 rings (SSSR count). The van der Waals surface area contributed by atoms with Crippen LogP contribution < -0.4 is 9.62 Å². The van der Waals surface area contributed by atoms with Crippen LogP contribution in [0.15, 0.2) is 47.4 Å². The summed E-state index contributed by atoms with van der Waals surface area (Å²) in [5, 5.41) is 0.538. The van der Waals surface area contributed by atoms with Gasteiger partial charge in [-0.1, -0.05) is 18.5 Å². The number of halogens is 1. The molecule has 0 atom stereocenters. The number of carbonyl (C=O) groups is 1. The second-order valence-electron chi connectivity index (χ2n) is 5.55. The van der Waals surface area contributed by atoms with E-state index < -0.39 is 10.0 Å². The lowest BCUT2D eigenvalue weighted by Gasteiger charge is -2.16. The fraction of sp³-hybridized carbons (Fsp3) is 0.235. The molecular formula is C17H17ClN2O3S. The summed E-state index contributed by atoms with van der Waals surface area (Å²) in [6.45, 7) is 2.41. The number of rotatable bonds is 4. The third-order valence-corrected chi connectivity index (χ3v) is 5.59. The Balaban J connectivity index is 1.87. The van der Waals surface area contributed by atoms with Crippen LogP contribution >= 0.6 is 11.6 Å². The fourth-order valence-electron chi connectivity index (χ4n) is 2.73. The first-order valence-corrected chi connectivity index (χ1v) is 9.48. The van der Waals surface area contributed by atoms with Crippen molar-refractivity contribution in [3.63, 3.8) is 0 Å². The fourth-order valence-corrected chi connectivity index (χ4v) is 3.96. The van der Waals surface area contributed by atoms with Crippen molar-refractivity contribution in [1.82, 2.24) is 0 Å². The molecule has 0 unspecified atom stereocenters. The van der Waals surface area contributed by atoms with Gasteiger partial charge in [0.1, 0.15) is 0 Å². The predicted octanol–water partition coefficient (Wildman–Crippen LogP) is 3.44. The van der Waals surface area contributed by atoms with Gasteiger partial charge in [-0.2, -0.15) is 0 Å². The van der Waals surface area contributed by atoms with Gasteiger partial charge >= 0.3 is 0 Å². The molecule has 1 aliphatic rings. The van der Waals surface area contributed by atoms with Gasteiger partial charge in [0.25, 0.3) is 10.0 Å². The number of nitrogens with one attached hydrogen (secondary N) is 1. The highest BCUT2D eigenvalue weighted by Crippen LogP contribution is 2.31. The summed E-state index contributed by atoms with van der Waals surface area (Å²) in [5.74, 6) is 0.0450. The number of carbonyl (C=O) groups excluding carboxylic acids is 1. The minimum atomic E-state index is -3.69. The van der Waals surface area contributed by atoms with Crippen molar-refractivity contribution in [1.29, 1.82) is 0 Å². The van der Waals surface area contributed by atoms with Crippen molar-refractivity contribution in [3.05, 3.63) is 53.1 Å². The average Bonchev–Trinajstić information content (AvgIpc) is 2.99. The summed E-state index contributed by atoms with van der Waals surface area (Å²) in [4.78, 5) is 13.8. The van der Waals surface area contributed by atoms with Crippen LogP contribution in [-0.2, 0) is 21.2 Å². The van der Waals surface area contributed by atoms with E-state index in [1.807, 2.05) is 6.92 Å². The van der Waals surface area contributed by atoms with E-state index in [9.17, 15) is 13.2 Å². The van der Waals surface area contributed by atoms with Crippen LogP contribution in [0, 0.1) is 0 Å². The first-order valence-electron chi connectivity index (χ1n) is 7.62. The number of fused-ring (bicyclic) bond motifs is 1. The molecule has 0 radical (unpaired) electrons. The molecule has 0 spiro atoms. The van der Waals surface area contributed by atoms with Crippen molar-refractivity contribution < 1.29 is 13.2 Å². The van der Waals surface area contributed by atoms with Gasteiger partial charge in [-0.25, -0.2) is 8.42 Å². The summed E-state index contributed by atoms with van der Waals surface area (Å²) in [7, 11) is -3.69. The molecule has 0 aliphatic carbocycles.